The molecule has 0 saturated heterocycles. The van der Waals surface area contributed by atoms with Crippen molar-refractivity contribution in [3.8, 4) is 5.75 Å². The van der Waals surface area contributed by atoms with Gasteiger partial charge in [0, 0.05) is 20.1 Å². The third-order valence-corrected chi connectivity index (χ3v) is 4.86. The van der Waals surface area contributed by atoms with Gasteiger partial charge in [0.2, 0.25) is 5.91 Å². The Morgan fingerprint density at radius 3 is 3.08 bits per heavy atom. The summed E-state index contributed by atoms with van der Waals surface area (Å²) in [6.07, 6.45) is 1.61. The van der Waals surface area contributed by atoms with Crippen molar-refractivity contribution in [1.29, 1.82) is 0 Å². The molecule has 8 nitrogen and oxygen atoms in total. The number of ether oxygens (including phenoxy) is 1. The van der Waals surface area contributed by atoms with Gasteiger partial charge in [-0.3, -0.25) is 9.69 Å². The van der Waals surface area contributed by atoms with E-state index in [1.165, 1.54) is 0 Å². The van der Waals surface area contributed by atoms with Crippen molar-refractivity contribution >= 4 is 11.6 Å². The standard InChI is InChI=1S/C17H22N6O2/c1-18-13-10-25-15-4-3-12(7-14(15)21(2)17(13)24)8-22-5-6-23-16(9-22)19-11-20-23/h3-4,7,11,13,18H,5-6,8-10H2,1-2H3/t13-/m0/s1. The highest BCUT2D eigenvalue weighted by atomic mass is 16.5. The van der Waals surface area contributed by atoms with E-state index in [0.29, 0.717) is 6.61 Å². The zero-order chi connectivity index (χ0) is 17.4. The van der Waals surface area contributed by atoms with Crippen LogP contribution >= 0.6 is 0 Å². The Balaban J connectivity index is 1.54. The molecule has 0 unspecified atom stereocenters. The molecule has 0 bridgehead atoms. The zero-order valence-electron chi connectivity index (χ0n) is 14.5. The smallest absolute Gasteiger partial charge is 0.247 e. The Kier molecular flexibility index (Phi) is 4.14. The number of anilines is 1. The number of likely N-dealkylation sites (N-methyl/N-ethyl adjacent to an activating group) is 2. The van der Waals surface area contributed by atoms with Gasteiger partial charge in [0.15, 0.2) is 0 Å². The average Bonchev–Trinajstić information content (AvgIpc) is 3.05. The molecule has 1 N–H and O–H groups in total. The fraction of sp³-hybridized carbons (Fsp3) is 0.471. The van der Waals surface area contributed by atoms with Crippen LogP contribution in [0.4, 0.5) is 5.69 Å². The van der Waals surface area contributed by atoms with Gasteiger partial charge in [-0.15, -0.1) is 0 Å². The van der Waals surface area contributed by atoms with E-state index in [2.05, 4.69) is 26.4 Å². The summed E-state index contributed by atoms with van der Waals surface area (Å²) in [4.78, 5) is 20.8. The molecule has 1 amide bonds. The van der Waals surface area contributed by atoms with Crippen LogP contribution in [0.1, 0.15) is 11.4 Å². The highest BCUT2D eigenvalue weighted by molar-refractivity contribution is 5.98. The van der Waals surface area contributed by atoms with Crippen molar-refractivity contribution in [3.05, 3.63) is 35.9 Å². The van der Waals surface area contributed by atoms with Gasteiger partial charge in [0.25, 0.3) is 0 Å². The predicted molar refractivity (Wildman–Crippen MR) is 92.3 cm³/mol. The fourth-order valence-electron chi connectivity index (χ4n) is 3.35. The number of rotatable bonds is 3. The quantitative estimate of drug-likeness (QED) is 0.861. The second-order valence-electron chi connectivity index (χ2n) is 6.46. The van der Waals surface area contributed by atoms with Gasteiger partial charge in [-0.25, -0.2) is 9.67 Å². The summed E-state index contributed by atoms with van der Waals surface area (Å²) in [5.74, 6) is 1.76. The van der Waals surface area contributed by atoms with Crippen LogP contribution in [-0.4, -0.2) is 58.9 Å². The molecule has 0 spiro atoms. The Bertz CT molecular complexity index is 789. The predicted octanol–water partition coefficient (Wildman–Crippen LogP) is 0.237. The van der Waals surface area contributed by atoms with Gasteiger partial charge in [-0.05, 0) is 24.7 Å². The van der Waals surface area contributed by atoms with Crippen molar-refractivity contribution < 1.29 is 9.53 Å². The van der Waals surface area contributed by atoms with Gasteiger partial charge < -0.3 is 15.0 Å². The van der Waals surface area contributed by atoms with Crippen molar-refractivity contribution in [2.75, 3.05) is 32.1 Å². The summed E-state index contributed by atoms with van der Waals surface area (Å²) < 4.78 is 7.76. The summed E-state index contributed by atoms with van der Waals surface area (Å²) in [5, 5.41) is 7.22. The molecular weight excluding hydrogens is 320 g/mol. The van der Waals surface area contributed by atoms with Crippen LogP contribution < -0.4 is 15.0 Å². The molecule has 4 rings (SSSR count). The Hall–Kier alpha value is -2.45. The first kappa shape index (κ1) is 16.0. The number of hydrogen-bond donors (Lipinski definition) is 1. The molecule has 132 valence electrons. The van der Waals surface area contributed by atoms with E-state index < -0.39 is 0 Å². The molecule has 2 aliphatic heterocycles. The largest absolute Gasteiger partial charge is 0.489 e. The first-order valence-corrected chi connectivity index (χ1v) is 8.45. The highest BCUT2D eigenvalue weighted by Crippen LogP contribution is 2.32. The lowest BCUT2D eigenvalue weighted by Gasteiger charge is -2.27. The normalized spacial score (nSPS) is 20.6. The molecule has 25 heavy (non-hydrogen) atoms. The van der Waals surface area contributed by atoms with Crippen molar-refractivity contribution in [2.24, 2.45) is 0 Å². The second kappa shape index (κ2) is 6.45. The van der Waals surface area contributed by atoms with E-state index >= 15 is 0 Å². The Morgan fingerprint density at radius 1 is 1.36 bits per heavy atom. The lowest BCUT2D eigenvalue weighted by Crippen LogP contribution is -2.45. The third-order valence-electron chi connectivity index (χ3n) is 4.86. The molecule has 0 saturated carbocycles. The van der Waals surface area contributed by atoms with Gasteiger partial charge in [-0.2, -0.15) is 5.10 Å². The number of carbonyl (C=O) groups is 1. The Morgan fingerprint density at radius 2 is 2.24 bits per heavy atom. The highest BCUT2D eigenvalue weighted by Gasteiger charge is 2.28. The number of benzene rings is 1. The molecule has 1 atom stereocenters. The number of amides is 1. The number of fused-ring (bicyclic) bond motifs is 2. The minimum atomic E-state index is -0.325. The van der Waals surface area contributed by atoms with Crippen LogP contribution in [0, 0.1) is 0 Å². The van der Waals surface area contributed by atoms with Crippen molar-refractivity contribution in [3.63, 3.8) is 0 Å². The van der Waals surface area contributed by atoms with Crippen LogP contribution in [0.2, 0.25) is 0 Å². The van der Waals surface area contributed by atoms with E-state index in [0.717, 1.165) is 49.0 Å². The molecule has 3 heterocycles. The SMILES string of the molecule is CN[C@H]1COc2ccc(CN3CCn4ncnc4C3)cc2N(C)C1=O. The summed E-state index contributed by atoms with van der Waals surface area (Å²) in [6.45, 7) is 3.71. The second-order valence-corrected chi connectivity index (χ2v) is 6.46. The number of aromatic nitrogens is 3. The van der Waals surface area contributed by atoms with Crippen LogP contribution in [-0.2, 0) is 24.4 Å². The van der Waals surface area contributed by atoms with E-state index in [1.807, 2.05) is 16.8 Å². The van der Waals surface area contributed by atoms with Gasteiger partial charge in [-0.1, -0.05) is 6.07 Å². The summed E-state index contributed by atoms with van der Waals surface area (Å²) >= 11 is 0. The minimum Gasteiger partial charge on any atom is -0.489 e. The molecule has 0 radical (unpaired) electrons. The molecule has 8 heteroatoms. The number of nitrogens with one attached hydrogen (secondary N) is 1. The van der Waals surface area contributed by atoms with Crippen LogP contribution in [0.5, 0.6) is 5.75 Å². The third kappa shape index (κ3) is 2.98. The zero-order valence-corrected chi connectivity index (χ0v) is 14.5. The van der Waals surface area contributed by atoms with E-state index in [-0.39, 0.29) is 11.9 Å². The summed E-state index contributed by atoms with van der Waals surface area (Å²) in [7, 11) is 3.57. The van der Waals surface area contributed by atoms with Crippen LogP contribution in [0.25, 0.3) is 0 Å². The number of nitrogens with zero attached hydrogens (tertiary/aromatic N) is 5. The number of hydrogen-bond acceptors (Lipinski definition) is 6. The molecule has 1 aromatic heterocycles. The summed E-state index contributed by atoms with van der Waals surface area (Å²) in [6, 6.07) is 5.74. The Labute approximate surface area is 146 Å². The molecule has 2 aliphatic rings. The van der Waals surface area contributed by atoms with E-state index in [1.54, 1.807) is 25.3 Å². The molecule has 1 aromatic carbocycles. The lowest BCUT2D eigenvalue weighted by molar-refractivity contribution is -0.120. The van der Waals surface area contributed by atoms with Gasteiger partial charge in [0.1, 0.15) is 30.5 Å². The first-order valence-electron chi connectivity index (χ1n) is 8.45. The van der Waals surface area contributed by atoms with Crippen LogP contribution in [0.3, 0.4) is 0 Å². The number of carbonyl (C=O) groups excluding carboxylic acids is 1. The maximum absolute atomic E-state index is 12.5. The van der Waals surface area contributed by atoms with E-state index in [9.17, 15) is 4.79 Å². The summed E-state index contributed by atoms with van der Waals surface area (Å²) in [5.41, 5.74) is 1.97. The van der Waals surface area contributed by atoms with Crippen LogP contribution in [0.15, 0.2) is 24.5 Å². The molecule has 2 aromatic rings. The topological polar surface area (TPSA) is 75.5 Å². The maximum Gasteiger partial charge on any atom is 0.247 e. The lowest BCUT2D eigenvalue weighted by atomic mass is 10.1. The minimum absolute atomic E-state index is 0.0180. The van der Waals surface area contributed by atoms with Gasteiger partial charge in [0.05, 0.1) is 18.8 Å². The van der Waals surface area contributed by atoms with E-state index in [4.69, 9.17) is 4.74 Å². The maximum atomic E-state index is 12.5. The van der Waals surface area contributed by atoms with Crippen molar-refractivity contribution in [1.82, 2.24) is 25.0 Å². The molecule has 0 fully saturated rings. The first-order chi connectivity index (χ1) is 12.2. The fourth-order valence-corrected chi connectivity index (χ4v) is 3.35. The molecule has 0 aliphatic carbocycles. The van der Waals surface area contributed by atoms with Gasteiger partial charge >= 0.3 is 0 Å². The van der Waals surface area contributed by atoms with Crippen molar-refractivity contribution in [2.45, 2.75) is 25.7 Å². The average molecular weight is 342 g/mol. The monoisotopic (exact) mass is 342 g/mol. The molecular formula is C17H22N6O2.